The van der Waals surface area contributed by atoms with Crippen molar-refractivity contribution in [2.75, 3.05) is 0 Å². The lowest BCUT2D eigenvalue weighted by molar-refractivity contribution is 0.668. The first-order valence-corrected chi connectivity index (χ1v) is 17.9. The fourth-order valence-electron chi connectivity index (χ4n) is 8.46. The van der Waals surface area contributed by atoms with Crippen LogP contribution in [0.2, 0.25) is 0 Å². The zero-order chi connectivity index (χ0) is 34.6. The third kappa shape index (κ3) is 4.21. The second-order valence-electron chi connectivity index (χ2n) is 13.9. The summed E-state index contributed by atoms with van der Waals surface area (Å²) in [6.07, 6.45) is 0. The van der Waals surface area contributed by atoms with E-state index < -0.39 is 0 Å². The van der Waals surface area contributed by atoms with Gasteiger partial charge < -0.3 is 13.4 Å². The topological polar surface area (TPSA) is 44.1 Å². The summed E-state index contributed by atoms with van der Waals surface area (Å²) < 4.78 is 14.7. The summed E-state index contributed by atoms with van der Waals surface area (Å²) in [7, 11) is 0. The van der Waals surface area contributed by atoms with Gasteiger partial charge in [0.05, 0.1) is 22.4 Å². The molecule has 0 aliphatic carbocycles. The predicted octanol–water partition coefficient (Wildman–Crippen LogP) is 13.6. The minimum absolute atomic E-state index is 0.870. The molecule has 4 aromatic heterocycles. The van der Waals surface area contributed by atoms with E-state index in [1.165, 1.54) is 32.6 Å². The van der Waals surface area contributed by atoms with Crippen molar-refractivity contribution in [1.29, 1.82) is 0 Å². The van der Waals surface area contributed by atoms with Crippen LogP contribution < -0.4 is 0 Å². The molecule has 4 heteroatoms. The highest BCUT2D eigenvalue weighted by Crippen LogP contribution is 2.40. The van der Waals surface area contributed by atoms with Crippen LogP contribution in [-0.4, -0.2) is 9.55 Å². The Morgan fingerprint density at radius 1 is 0.358 bits per heavy atom. The van der Waals surface area contributed by atoms with Gasteiger partial charge in [-0.1, -0.05) is 91.0 Å². The van der Waals surface area contributed by atoms with Gasteiger partial charge >= 0.3 is 0 Å². The van der Waals surface area contributed by atoms with E-state index in [0.29, 0.717) is 0 Å². The summed E-state index contributed by atoms with van der Waals surface area (Å²) in [4.78, 5) is 5.33. The summed E-state index contributed by atoms with van der Waals surface area (Å²) in [6, 6.07) is 60.2. The fraction of sp³-hybridized carbons (Fsp3) is 0. The summed E-state index contributed by atoms with van der Waals surface area (Å²) in [5, 5.41) is 9.55. The predicted molar refractivity (Wildman–Crippen MR) is 218 cm³/mol. The van der Waals surface area contributed by atoms with Crippen LogP contribution in [0, 0.1) is 0 Å². The molecule has 0 N–H and O–H groups in total. The second kappa shape index (κ2) is 10.7. The van der Waals surface area contributed by atoms with Crippen LogP contribution in [0.3, 0.4) is 0 Å². The molecule has 246 valence electrons. The van der Waals surface area contributed by atoms with E-state index in [4.69, 9.17) is 13.8 Å². The van der Waals surface area contributed by atoms with E-state index in [0.717, 1.165) is 83.2 Å². The summed E-state index contributed by atoms with van der Waals surface area (Å²) in [5.41, 5.74) is 13.2. The fourth-order valence-corrected chi connectivity index (χ4v) is 8.46. The van der Waals surface area contributed by atoms with Crippen molar-refractivity contribution in [3.63, 3.8) is 0 Å². The van der Waals surface area contributed by atoms with E-state index in [1.54, 1.807) is 0 Å². The van der Waals surface area contributed by atoms with Crippen molar-refractivity contribution < 1.29 is 8.83 Å². The van der Waals surface area contributed by atoms with Crippen molar-refractivity contribution in [2.24, 2.45) is 0 Å². The van der Waals surface area contributed by atoms with Gasteiger partial charge in [0, 0.05) is 49.1 Å². The Bertz CT molecular complexity index is 3200. The first kappa shape index (κ1) is 28.5. The normalized spacial score (nSPS) is 12.2. The summed E-state index contributed by atoms with van der Waals surface area (Å²) >= 11 is 0. The highest BCUT2D eigenvalue weighted by molar-refractivity contribution is 6.24. The quantitative estimate of drug-likeness (QED) is 0.174. The Balaban J connectivity index is 1.04. The number of aromatic nitrogens is 2. The van der Waals surface area contributed by atoms with E-state index in [-0.39, 0.29) is 0 Å². The van der Waals surface area contributed by atoms with Crippen molar-refractivity contribution >= 4 is 76.5 Å². The Kier molecular flexibility index (Phi) is 5.74. The van der Waals surface area contributed by atoms with Crippen LogP contribution >= 0.6 is 0 Å². The third-order valence-corrected chi connectivity index (χ3v) is 11.0. The molecule has 12 rings (SSSR count). The second-order valence-corrected chi connectivity index (χ2v) is 13.9. The molecule has 0 bridgehead atoms. The van der Waals surface area contributed by atoms with Crippen LogP contribution in [0.5, 0.6) is 0 Å². The number of furan rings is 2. The van der Waals surface area contributed by atoms with Crippen LogP contribution in [0.25, 0.3) is 116 Å². The molecule has 53 heavy (non-hydrogen) atoms. The number of nitrogens with zero attached hydrogens (tertiary/aromatic N) is 2. The maximum atomic E-state index is 6.18. The van der Waals surface area contributed by atoms with E-state index >= 15 is 0 Å². The van der Waals surface area contributed by atoms with Gasteiger partial charge in [-0.05, 0) is 101 Å². The Morgan fingerprint density at radius 3 is 1.49 bits per heavy atom. The van der Waals surface area contributed by atoms with E-state index in [9.17, 15) is 0 Å². The highest BCUT2D eigenvalue weighted by atomic mass is 16.3. The molecule has 0 aliphatic heterocycles. The average molecular weight is 677 g/mol. The molecule has 0 fully saturated rings. The van der Waals surface area contributed by atoms with Gasteiger partial charge in [-0.15, -0.1) is 0 Å². The summed E-state index contributed by atoms with van der Waals surface area (Å²) in [5.74, 6) is 0. The smallest absolute Gasteiger partial charge is 0.135 e. The zero-order valence-corrected chi connectivity index (χ0v) is 28.4. The van der Waals surface area contributed by atoms with Crippen LogP contribution in [0.1, 0.15) is 0 Å². The minimum atomic E-state index is 0.870. The monoisotopic (exact) mass is 676 g/mol. The van der Waals surface area contributed by atoms with Crippen molar-refractivity contribution in [3.05, 3.63) is 170 Å². The molecule has 4 nitrogen and oxygen atoms in total. The molecular weight excluding hydrogens is 649 g/mol. The van der Waals surface area contributed by atoms with Crippen molar-refractivity contribution in [2.45, 2.75) is 0 Å². The van der Waals surface area contributed by atoms with Gasteiger partial charge in [-0.25, -0.2) is 4.98 Å². The minimum Gasteiger partial charge on any atom is -0.456 e. The molecular formula is C49H28N2O2. The molecule has 0 unspecified atom stereocenters. The lowest BCUT2D eigenvalue weighted by Crippen LogP contribution is -1.95. The number of rotatable bonds is 4. The van der Waals surface area contributed by atoms with Crippen LogP contribution in [0.15, 0.2) is 179 Å². The lowest BCUT2D eigenvalue weighted by atomic mass is 9.98. The van der Waals surface area contributed by atoms with Crippen LogP contribution in [-0.2, 0) is 0 Å². The molecule has 4 heterocycles. The van der Waals surface area contributed by atoms with Gasteiger partial charge in [0.1, 0.15) is 22.3 Å². The third-order valence-electron chi connectivity index (χ3n) is 11.0. The standard InChI is InChI=1S/C49H28N2O2/c1-3-13-44-36(9-1)38-25-32(19-23-46(38)52-44)34-27-40(50-41(28-34)33-20-24-47-39(26-33)37-10-2-4-14-45(37)53-47)29-17-21-35(22-18-29)51-42-11-5-7-30-15-16-31-8-6-12-43(51)49(31)48(30)42/h1-28H. The zero-order valence-electron chi connectivity index (χ0n) is 28.4. The largest absolute Gasteiger partial charge is 0.456 e. The first-order chi connectivity index (χ1) is 26.2. The molecule has 0 radical (unpaired) electrons. The molecule has 8 aromatic carbocycles. The Morgan fingerprint density at radius 2 is 0.868 bits per heavy atom. The first-order valence-electron chi connectivity index (χ1n) is 17.9. The van der Waals surface area contributed by atoms with Crippen molar-refractivity contribution in [3.8, 4) is 39.3 Å². The van der Waals surface area contributed by atoms with E-state index in [2.05, 4.69) is 150 Å². The number of hydrogen-bond donors (Lipinski definition) is 0. The van der Waals surface area contributed by atoms with Gasteiger partial charge in [0.25, 0.3) is 0 Å². The molecule has 0 saturated heterocycles. The average Bonchev–Trinajstić information content (AvgIpc) is 3.90. The molecule has 0 spiro atoms. The maximum Gasteiger partial charge on any atom is 0.135 e. The van der Waals surface area contributed by atoms with Gasteiger partial charge in [0.2, 0.25) is 0 Å². The molecule has 0 amide bonds. The highest BCUT2D eigenvalue weighted by Gasteiger charge is 2.18. The molecule has 0 atom stereocenters. The van der Waals surface area contributed by atoms with Gasteiger partial charge in [-0.2, -0.15) is 0 Å². The van der Waals surface area contributed by atoms with Gasteiger partial charge in [-0.3, -0.25) is 0 Å². The Labute approximate surface area is 303 Å². The number of benzene rings is 8. The van der Waals surface area contributed by atoms with Crippen molar-refractivity contribution in [1.82, 2.24) is 9.55 Å². The molecule has 12 aromatic rings. The lowest BCUT2D eigenvalue weighted by Gasteiger charge is -2.12. The SMILES string of the molecule is c1ccc2c(c1)oc1ccc(-c3cc(-c4ccc(-n5c6cccc7ccc8cccc5c8c76)cc4)nc(-c4ccc5oc6ccccc6c5c4)c3)cc12. The maximum absolute atomic E-state index is 6.18. The van der Waals surface area contributed by atoms with Crippen LogP contribution in [0.4, 0.5) is 0 Å². The van der Waals surface area contributed by atoms with E-state index in [1.807, 2.05) is 24.3 Å². The number of para-hydroxylation sites is 2. The Hall–Kier alpha value is -7.17. The van der Waals surface area contributed by atoms with Gasteiger partial charge in [0.15, 0.2) is 0 Å². The molecule has 0 aliphatic rings. The molecule has 0 saturated carbocycles. The number of fused-ring (bicyclic) bond motifs is 6. The number of pyridine rings is 1. The number of hydrogen-bond acceptors (Lipinski definition) is 3. The summed E-state index contributed by atoms with van der Waals surface area (Å²) in [6.45, 7) is 0.